The summed E-state index contributed by atoms with van der Waals surface area (Å²) in [5, 5.41) is 3.18. The van der Waals surface area contributed by atoms with Crippen molar-refractivity contribution < 1.29 is 0 Å². The molecule has 21 heavy (non-hydrogen) atoms. The van der Waals surface area contributed by atoms with Crippen LogP contribution in [0.15, 0.2) is 24.3 Å². The number of nitrogens with one attached hydrogen (secondary N) is 1. The zero-order valence-electron chi connectivity index (χ0n) is 13.6. The van der Waals surface area contributed by atoms with Crippen LogP contribution in [0.4, 0.5) is 17.3 Å². The van der Waals surface area contributed by atoms with Crippen LogP contribution in [0.2, 0.25) is 0 Å². The molecule has 0 saturated heterocycles. The summed E-state index contributed by atoms with van der Waals surface area (Å²) >= 11 is 0. The van der Waals surface area contributed by atoms with Crippen molar-refractivity contribution in [3.8, 4) is 0 Å². The Morgan fingerprint density at radius 1 is 1.10 bits per heavy atom. The van der Waals surface area contributed by atoms with Crippen LogP contribution in [-0.4, -0.2) is 23.6 Å². The smallest absolute Gasteiger partial charge is 0.141 e. The largest absolute Gasteiger partial charge is 0.373 e. The highest BCUT2D eigenvalue weighted by atomic mass is 15.2. The highest BCUT2D eigenvalue weighted by Gasteiger charge is 2.17. The molecule has 4 nitrogen and oxygen atoms in total. The summed E-state index contributed by atoms with van der Waals surface area (Å²) in [6.45, 7) is 9.31. The van der Waals surface area contributed by atoms with Gasteiger partial charge in [-0.3, -0.25) is 0 Å². The molecule has 0 bridgehead atoms. The van der Waals surface area contributed by atoms with Crippen molar-refractivity contribution in [3.63, 3.8) is 0 Å². The summed E-state index contributed by atoms with van der Waals surface area (Å²) in [4.78, 5) is 11.6. The summed E-state index contributed by atoms with van der Waals surface area (Å²) in [6, 6.07) is 8.41. The van der Waals surface area contributed by atoms with Crippen LogP contribution in [0, 0.1) is 13.8 Å². The molecule has 0 fully saturated rings. The molecular weight excluding hydrogens is 260 g/mol. The average Bonchev–Trinajstić information content (AvgIpc) is 2.51. The maximum atomic E-state index is 4.76. The molecule has 0 unspecified atom stereocenters. The molecule has 2 rings (SSSR count). The standard InChI is InChI=1S/C17H24N4/c1-6-15-19-16(18-5)13(4)17(20-15)21(7-2)14-11-9-8-10-12(14)3/h8-11H,6-7H2,1-5H3,(H,18,19,20). The maximum Gasteiger partial charge on any atom is 0.141 e. The zero-order chi connectivity index (χ0) is 15.4. The molecule has 1 aromatic carbocycles. The Labute approximate surface area is 127 Å². The third-order valence-corrected chi connectivity index (χ3v) is 3.70. The SMILES string of the molecule is CCc1nc(NC)c(C)c(N(CC)c2ccccc2C)n1. The lowest BCUT2D eigenvalue weighted by Crippen LogP contribution is -2.21. The van der Waals surface area contributed by atoms with Crippen molar-refractivity contribution in [2.45, 2.75) is 34.1 Å². The third kappa shape index (κ3) is 2.99. The summed E-state index contributed by atoms with van der Waals surface area (Å²) in [5.74, 6) is 2.76. The number of rotatable bonds is 5. The summed E-state index contributed by atoms with van der Waals surface area (Å²) in [7, 11) is 1.91. The van der Waals surface area contributed by atoms with Gasteiger partial charge in [-0.1, -0.05) is 25.1 Å². The van der Waals surface area contributed by atoms with Gasteiger partial charge in [0.05, 0.1) is 0 Å². The van der Waals surface area contributed by atoms with Crippen LogP contribution in [0.25, 0.3) is 0 Å². The Balaban J connectivity index is 2.59. The van der Waals surface area contributed by atoms with Crippen LogP contribution in [0.5, 0.6) is 0 Å². The van der Waals surface area contributed by atoms with E-state index in [1.165, 1.54) is 11.3 Å². The van der Waals surface area contributed by atoms with Gasteiger partial charge in [-0.2, -0.15) is 0 Å². The highest BCUT2D eigenvalue weighted by Crippen LogP contribution is 2.31. The van der Waals surface area contributed by atoms with Crippen LogP contribution in [0.1, 0.15) is 30.8 Å². The predicted molar refractivity (Wildman–Crippen MR) is 89.6 cm³/mol. The van der Waals surface area contributed by atoms with Gasteiger partial charge in [0.25, 0.3) is 0 Å². The second kappa shape index (κ2) is 6.57. The van der Waals surface area contributed by atoms with Crippen molar-refractivity contribution in [3.05, 3.63) is 41.2 Å². The molecule has 0 aliphatic carbocycles. The fraction of sp³-hybridized carbons (Fsp3) is 0.412. The van der Waals surface area contributed by atoms with Gasteiger partial charge < -0.3 is 10.2 Å². The van der Waals surface area contributed by atoms with Gasteiger partial charge in [0, 0.05) is 31.3 Å². The first-order valence-electron chi connectivity index (χ1n) is 7.50. The Morgan fingerprint density at radius 3 is 2.38 bits per heavy atom. The molecule has 0 aliphatic rings. The van der Waals surface area contributed by atoms with Crippen molar-refractivity contribution in [2.75, 3.05) is 23.8 Å². The Kier molecular flexibility index (Phi) is 4.78. The topological polar surface area (TPSA) is 41.1 Å². The normalized spacial score (nSPS) is 10.5. The molecule has 0 atom stereocenters. The minimum absolute atomic E-state index is 0.827. The van der Waals surface area contributed by atoms with Crippen LogP contribution in [0.3, 0.4) is 0 Å². The molecule has 0 saturated carbocycles. The van der Waals surface area contributed by atoms with E-state index in [9.17, 15) is 0 Å². The number of aromatic nitrogens is 2. The van der Waals surface area contributed by atoms with Gasteiger partial charge in [0.2, 0.25) is 0 Å². The Bertz CT molecular complexity index is 622. The van der Waals surface area contributed by atoms with Gasteiger partial charge in [-0.05, 0) is 32.4 Å². The summed E-state index contributed by atoms with van der Waals surface area (Å²) in [6.07, 6.45) is 0.827. The molecule has 112 valence electrons. The molecule has 0 spiro atoms. The Hall–Kier alpha value is -2.10. The van der Waals surface area contributed by atoms with E-state index in [1.807, 2.05) is 7.05 Å². The van der Waals surface area contributed by atoms with Gasteiger partial charge in [0.1, 0.15) is 17.5 Å². The van der Waals surface area contributed by atoms with E-state index in [1.54, 1.807) is 0 Å². The molecule has 1 N–H and O–H groups in total. The van der Waals surface area contributed by atoms with E-state index in [2.05, 4.69) is 67.2 Å². The number of aryl methyl sites for hydroxylation is 2. The van der Waals surface area contributed by atoms with Crippen LogP contribution in [-0.2, 0) is 6.42 Å². The Morgan fingerprint density at radius 2 is 1.81 bits per heavy atom. The summed E-state index contributed by atoms with van der Waals surface area (Å²) in [5.41, 5.74) is 3.53. The van der Waals surface area contributed by atoms with Gasteiger partial charge in [-0.15, -0.1) is 0 Å². The lowest BCUT2D eigenvalue weighted by molar-refractivity contribution is 0.892. The van der Waals surface area contributed by atoms with Crippen molar-refractivity contribution in [1.29, 1.82) is 0 Å². The highest BCUT2D eigenvalue weighted by molar-refractivity contribution is 5.69. The predicted octanol–water partition coefficient (Wildman–Crippen LogP) is 3.86. The van der Waals surface area contributed by atoms with Crippen LogP contribution >= 0.6 is 0 Å². The van der Waals surface area contributed by atoms with Crippen molar-refractivity contribution >= 4 is 17.3 Å². The lowest BCUT2D eigenvalue weighted by Gasteiger charge is -2.26. The fourth-order valence-electron chi connectivity index (χ4n) is 2.51. The van der Waals surface area contributed by atoms with E-state index < -0.39 is 0 Å². The van der Waals surface area contributed by atoms with Gasteiger partial charge in [0.15, 0.2) is 0 Å². The first-order valence-corrected chi connectivity index (χ1v) is 7.50. The minimum atomic E-state index is 0.827. The van der Waals surface area contributed by atoms with Crippen LogP contribution < -0.4 is 10.2 Å². The van der Waals surface area contributed by atoms with E-state index >= 15 is 0 Å². The van der Waals surface area contributed by atoms with E-state index in [-0.39, 0.29) is 0 Å². The number of benzene rings is 1. The summed E-state index contributed by atoms with van der Waals surface area (Å²) < 4.78 is 0. The van der Waals surface area contributed by atoms with E-state index in [0.717, 1.165) is 36.0 Å². The fourth-order valence-corrected chi connectivity index (χ4v) is 2.51. The maximum absolute atomic E-state index is 4.76. The lowest BCUT2D eigenvalue weighted by atomic mass is 10.1. The first kappa shape index (κ1) is 15.3. The molecule has 4 heteroatoms. The molecule has 0 amide bonds. The molecular formula is C17H24N4. The number of para-hydroxylation sites is 1. The monoisotopic (exact) mass is 284 g/mol. The molecule has 1 heterocycles. The molecule has 0 radical (unpaired) electrons. The number of anilines is 3. The average molecular weight is 284 g/mol. The quantitative estimate of drug-likeness (QED) is 0.905. The first-order chi connectivity index (χ1) is 10.1. The minimum Gasteiger partial charge on any atom is -0.373 e. The van der Waals surface area contributed by atoms with Crippen molar-refractivity contribution in [2.24, 2.45) is 0 Å². The third-order valence-electron chi connectivity index (χ3n) is 3.70. The van der Waals surface area contributed by atoms with E-state index in [0.29, 0.717) is 0 Å². The molecule has 0 aliphatic heterocycles. The molecule has 1 aromatic heterocycles. The number of hydrogen-bond acceptors (Lipinski definition) is 4. The van der Waals surface area contributed by atoms with Gasteiger partial charge in [-0.25, -0.2) is 9.97 Å². The van der Waals surface area contributed by atoms with E-state index in [4.69, 9.17) is 4.98 Å². The van der Waals surface area contributed by atoms with Crippen molar-refractivity contribution in [1.82, 2.24) is 9.97 Å². The second-order valence-corrected chi connectivity index (χ2v) is 5.07. The van der Waals surface area contributed by atoms with Gasteiger partial charge >= 0.3 is 0 Å². The number of hydrogen-bond donors (Lipinski definition) is 1. The number of nitrogens with zero attached hydrogens (tertiary/aromatic N) is 3. The zero-order valence-corrected chi connectivity index (χ0v) is 13.6. The second-order valence-electron chi connectivity index (χ2n) is 5.07. The molecule has 2 aromatic rings.